The topological polar surface area (TPSA) is 43.5 Å². The summed E-state index contributed by atoms with van der Waals surface area (Å²) in [6.45, 7) is 13.1. The second kappa shape index (κ2) is 15.7. The van der Waals surface area contributed by atoms with Crippen LogP contribution >= 0.6 is 0 Å². The van der Waals surface area contributed by atoms with Gasteiger partial charge in [-0.25, -0.2) is 4.58 Å². The molecule has 1 aromatic rings. The minimum atomic E-state index is -0.460. The van der Waals surface area contributed by atoms with Gasteiger partial charge in [0.25, 0.3) is 0 Å². The predicted octanol–water partition coefficient (Wildman–Crippen LogP) is 8.14. The van der Waals surface area contributed by atoms with Crippen molar-refractivity contribution in [2.45, 2.75) is 91.9 Å². The van der Waals surface area contributed by atoms with Crippen LogP contribution in [0.25, 0.3) is 5.57 Å². The molecule has 0 aliphatic heterocycles. The molecule has 0 fully saturated rings. The highest BCUT2D eigenvalue weighted by Gasteiger charge is 2.44. The number of allylic oxidation sites excluding steroid dienone is 6. The summed E-state index contributed by atoms with van der Waals surface area (Å²) in [6.07, 6.45) is 20.8. The molecule has 0 bridgehead atoms. The summed E-state index contributed by atoms with van der Waals surface area (Å²) in [4.78, 5) is 15.6. The van der Waals surface area contributed by atoms with Crippen LogP contribution in [0.3, 0.4) is 0 Å². The molecule has 2 aliphatic rings. The number of benzene rings is 1. The minimum Gasteiger partial charge on any atom is -0.511 e. The summed E-state index contributed by atoms with van der Waals surface area (Å²) in [5.41, 5.74) is 3.74. The molecule has 0 heterocycles. The van der Waals surface area contributed by atoms with Crippen LogP contribution in [0.2, 0.25) is 0 Å². The molecule has 208 valence electrons. The van der Waals surface area contributed by atoms with Crippen molar-refractivity contribution in [3.8, 4) is 0 Å². The highest BCUT2D eigenvalue weighted by Crippen LogP contribution is 2.42. The van der Waals surface area contributed by atoms with Crippen molar-refractivity contribution >= 4 is 22.8 Å². The number of aliphatic hydroxyl groups is 1. The molecule has 4 nitrogen and oxygen atoms in total. The lowest BCUT2D eigenvalue weighted by Gasteiger charge is -2.32. The van der Waals surface area contributed by atoms with Crippen LogP contribution in [0, 0.1) is 11.8 Å². The molecular formula is C34H51N2O2+. The van der Waals surface area contributed by atoms with Crippen LogP contribution in [0.5, 0.6) is 0 Å². The number of aliphatic hydroxyl groups excluding tert-OH is 1. The first kappa shape index (κ1) is 29.9. The van der Waals surface area contributed by atoms with Gasteiger partial charge in [0.15, 0.2) is 11.5 Å². The van der Waals surface area contributed by atoms with Crippen molar-refractivity contribution in [2.24, 2.45) is 11.8 Å². The fourth-order valence-corrected chi connectivity index (χ4v) is 5.68. The molecule has 3 rings (SSSR count). The number of nitrogens with zero attached hydrogens (tertiary/aromatic N) is 2. The Labute approximate surface area is 231 Å². The van der Waals surface area contributed by atoms with Gasteiger partial charge in [0.05, 0.1) is 11.5 Å². The van der Waals surface area contributed by atoms with E-state index < -0.39 is 5.92 Å². The first-order valence-electron chi connectivity index (χ1n) is 15.4. The maximum absolute atomic E-state index is 13.2. The maximum atomic E-state index is 13.2. The van der Waals surface area contributed by atoms with Crippen molar-refractivity contribution in [1.29, 1.82) is 0 Å². The number of Topliss-reactive ketones (excluding diaryl/α,β-unsaturated/α-hetero) is 1. The fraction of sp³-hybridized carbons (Fsp3) is 0.588. The van der Waals surface area contributed by atoms with Crippen LogP contribution in [0.15, 0.2) is 54.3 Å². The molecule has 2 aliphatic carbocycles. The number of anilines is 1. The Morgan fingerprint density at radius 1 is 0.763 bits per heavy atom. The van der Waals surface area contributed by atoms with E-state index in [2.05, 4.69) is 73.6 Å². The smallest absolute Gasteiger partial charge is 0.199 e. The molecular weight excluding hydrogens is 468 g/mol. The number of carbonyl (C=O) groups is 1. The minimum absolute atomic E-state index is 0.0490. The van der Waals surface area contributed by atoms with Gasteiger partial charge in [-0.3, -0.25) is 4.79 Å². The van der Waals surface area contributed by atoms with E-state index in [0.29, 0.717) is 5.57 Å². The lowest BCUT2D eigenvalue weighted by Crippen LogP contribution is -2.36. The first-order valence-corrected chi connectivity index (χ1v) is 15.4. The van der Waals surface area contributed by atoms with E-state index in [1.807, 2.05) is 12.1 Å². The number of carbonyl (C=O) groups excluding carboxylic acids is 1. The lowest BCUT2D eigenvalue weighted by atomic mass is 9.71. The second-order valence-electron chi connectivity index (χ2n) is 11.0. The van der Waals surface area contributed by atoms with Gasteiger partial charge >= 0.3 is 0 Å². The Morgan fingerprint density at radius 3 is 2.00 bits per heavy atom. The Bertz CT molecular complexity index is 999. The molecule has 0 saturated heterocycles. The number of rotatable bonds is 17. The summed E-state index contributed by atoms with van der Waals surface area (Å²) < 4.78 is 2.45. The zero-order chi connectivity index (χ0) is 27.3. The van der Waals surface area contributed by atoms with E-state index in [-0.39, 0.29) is 17.5 Å². The Morgan fingerprint density at radius 2 is 1.42 bits per heavy atom. The van der Waals surface area contributed by atoms with Gasteiger partial charge < -0.3 is 10.0 Å². The van der Waals surface area contributed by atoms with Crippen LogP contribution in [0.4, 0.5) is 5.69 Å². The number of hydrogen-bond donors (Lipinski definition) is 1. The third kappa shape index (κ3) is 7.71. The second-order valence-corrected chi connectivity index (χ2v) is 11.0. The van der Waals surface area contributed by atoms with Gasteiger partial charge in [-0.05, 0) is 37.0 Å². The van der Waals surface area contributed by atoms with Crippen LogP contribution in [-0.2, 0) is 4.79 Å². The number of unbranched alkanes of at least 4 members (excludes halogenated alkanes) is 6. The molecule has 4 heteroatoms. The normalized spacial score (nSPS) is 18.7. The summed E-state index contributed by atoms with van der Waals surface area (Å²) in [5.74, 6) is -0.257. The SMILES string of the molecule is CCCCCCN(CCC)c1ccc(C2=C(O)C(C3C=CC(=[N+](CCC)CCCCCC)C=C3)C2=O)cc1. The van der Waals surface area contributed by atoms with E-state index in [9.17, 15) is 9.90 Å². The van der Waals surface area contributed by atoms with Crippen LogP contribution in [0.1, 0.15) is 97.5 Å². The average molecular weight is 520 g/mol. The molecule has 1 atom stereocenters. The fourth-order valence-electron chi connectivity index (χ4n) is 5.68. The first-order chi connectivity index (χ1) is 18.5. The monoisotopic (exact) mass is 519 g/mol. The third-order valence-electron chi connectivity index (χ3n) is 7.88. The molecule has 0 amide bonds. The summed E-state index contributed by atoms with van der Waals surface area (Å²) in [5, 5.41) is 11.0. The molecule has 1 unspecified atom stereocenters. The molecule has 1 aromatic carbocycles. The largest absolute Gasteiger partial charge is 0.511 e. The molecule has 0 radical (unpaired) electrons. The zero-order valence-corrected chi connectivity index (χ0v) is 24.4. The highest BCUT2D eigenvalue weighted by molar-refractivity contribution is 6.30. The summed E-state index contributed by atoms with van der Waals surface area (Å²) in [7, 11) is 0. The standard InChI is InChI=1S/C34H50N2O2/c1-5-9-11-13-25-35(23-7-3)29-19-15-27(16-20-29)31-33(37)32(34(31)38)28-17-21-30(22-18-28)36(24-8-4)26-14-12-10-6-2/h15-22,27,31H,5-14,23-26H2,1-4H3/p+1. The van der Waals surface area contributed by atoms with Crippen molar-refractivity contribution in [1.82, 2.24) is 0 Å². The third-order valence-corrected chi connectivity index (χ3v) is 7.88. The van der Waals surface area contributed by atoms with E-state index in [1.54, 1.807) is 0 Å². The summed E-state index contributed by atoms with van der Waals surface area (Å²) in [6, 6.07) is 8.22. The quantitative estimate of drug-likeness (QED) is 0.167. The Kier molecular flexibility index (Phi) is 12.4. The van der Waals surface area contributed by atoms with Crippen molar-refractivity contribution in [3.63, 3.8) is 0 Å². The molecule has 38 heavy (non-hydrogen) atoms. The van der Waals surface area contributed by atoms with Gasteiger partial charge in [0, 0.05) is 49.7 Å². The van der Waals surface area contributed by atoms with E-state index in [0.717, 1.165) is 44.6 Å². The van der Waals surface area contributed by atoms with Gasteiger partial charge in [-0.1, -0.05) is 84.1 Å². The van der Waals surface area contributed by atoms with Gasteiger partial charge in [-0.2, -0.15) is 0 Å². The highest BCUT2D eigenvalue weighted by atomic mass is 16.3. The number of ketones is 1. The lowest BCUT2D eigenvalue weighted by molar-refractivity contribution is -0.527. The Balaban J connectivity index is 1.66. The van der Waals surface area contributed by atoms with Gasteiger partial charge in [0.1, 0.15) is 18.8 Å². The van der Waals surface area contributed by atoms with E-state index in [4.69, 9.17) is 0 Å². The van der Waals surface area contributed by atoms with Crippen molar-refractivity contribution in [3.05, 3.63) is 59.9 Å². The van der Waals surface area contributed by atoms with Crippen molar-refractivity contribution < 1.29 is 14.5 Å². The maximum Gasteiger partial charge on any atom is 0.199 e. The predicted molar refractivity (Wildman–Crippen MR) is 162 cm³/mol. The summed E-state index contributed by atoms with van der Waals surface area (Å²) >= 11 is 0. The van der Waals surface area contributed by atoms with Crippen molar-refractivity contribution in [2.75, 3.05) is 31.1 Å². The Hall–Kier alpha value is -2.62. The molecule has 1 N–H and O–H groups in total. The zero-order valence-electron chi connectivity index (χ0n) is 24.4. The average Bonchev–Trinajstić information content (AvgIpc) is 2.93. The van der Waals surface area contributed by atoms with Crippen LogP contribution in [-0.4, -0.2) is 47.4 Å². The van der Waals surface area contributed by atoms with Gasteiger partial charge in [0.2, 0.25) is 0 Å². The number of hydrogen-bond acceptors (Lipinski definition) is 3. The molecule has 0 saturated carbocycles. The van der Waals surface area contributed by atoms with E-state index >= 15 is 0 Å². The molecule has 0 aromatic heterocycles. The molecule has 0 spiro atoms. The van der Waals surface area contributed by atoms with E-state index in [1.165, 1.54) is 62.8 Å². The van der Waals surface area contributed by atoms with Gasteiger partial charge in [-0.15, -0.1) is 0 Å². The van der Waals surface area contributed by atoms with Crippen LogP contribution < -0.4 is 4.90 Å².